The van der Waals surface area contributed by atoms with Crippen molar-refractivity contribution in [1.29, 1.82) is 0 Å². The molecule has 0 aromatic rings. The van der Waals surface area contributed by atoms with Gasteiger partial charge in [0.2, 0.25) is 0 Å². The average Bonchev–Trinajstić information content (AvgIpc) is 2.70. The number of rotatable bonds is 23. The van der Waals surface area contributed by atoms with E-state index in [9.17, 15) is 4.79 Å². The molecule has 3 atom stereocenters. The summed E-state index contributed by atoms with van der Waals surface area (Å²) in [5.41, 5.74) is 0. The second-order valence-electron chi connectivity index (χ2n) is 10.4. The van der Waals surface area contributed by atoms with Crippen LogP contribution in [0.5, 0.6) is 0 Å². The summed E-state index contributed by atoms with van der Waals surface area (Å²) in [5.74, 6) is 0.407. The van der Waals surface area contributed by atoms with Gasteiger partial charge >= 0.3 is 5.97 Å². The molecule has 0 bridgehead atoms. The Hall–Kier alpha value is -0.530. The highest BCUT2D eigenvalue weighted by Gasteiger charge is 2.16. The van der Waals surface area contributed by atoms with Crippen LogP contribution in [0.1, 0.15) is 156 Å². The lowest BCUT2D eigenvalue weighted by Crippen LogP contribution is -2.14. The molecule has 2 nitrogen and oxygen atoms in total. The molecule has 0 aliphatic rings. The fraction of sp³-hybridized carbons (Fsp3) is 0.964. The van der Waals surface area contributed by atoms with Crippen LogP contribution in [0, 0.1) is 17.8 Å². The molecule has 0 rings (SSSR count). The van der Waals surface area contributed by atoms with Gasteiger partial charge in [-0.05, 0) is 24.7 Å². The van der Waals surface area contributed by atoms with Crippen LogP contribution in [0.3, 0.4) is 0 Å². The predicted octanol–water partition coefficient (Wildman–Crippen LogP) is 9.80. The first-order valence-corrected chi connectivity index (χ1v) is 13.7. The molecule has 0 aliphatic heterocycles. The van der Waals surface area contributed by atoms with Crippen LogP contribution in [0.2, 0.25) is 0 Å². The molecular weight excluding hydrogens is 368 g/mol. The lowest BCUT2D eigenvalue weighted by molar-refractivity contribution is -0.141. The van der Waals surface area contributed by atoms with Gasteiger partial charge in [0.15, 0.2) is 0 Å². The van der Waals surface area contributed by atoms with E-state index >= 15 is 0 Å². The number of carboxylic acid groups (broad SMARTS) is 1. The zero-order chi connectivity index (χ0) is 22.5. The maximum Gasteiger partial charge on any atom is 0.306 e. The first-order valence-electron chi connectivity index (χ1n) is 13.7. The average molecular weight is 425 g/mol. The minimum Gasteiger partial charge on any atom is -0.481 e. The standard InChI is InChI=1S/C28H56O2/c1-5-6-7-8-9-10-11-12-13-14-15-16-17-18-19-20-21-22-25(2)23-26(3)24-27(4)28(29)30/h25-27H,5-24H2,1-4H3,(H,29,30)/t25-,26-,27-/m1/s1. The van der Waals surface area contributed by atoms with E-state index < -0.39 is 5.97 Å². The van der Waals surface area contributed by atoms with Crippen molar-refractivity contribution >= 4 is 5.97 Å². The number of unbranched alkanes of at least 4 members (excludes halogenated alkanes) is 16. The Bertz CT molecular complexity index is 366. The molecule has 30 heavy (non-hydrogen) atoms. The van der Waals surface area contributed by atoms with Crippen molar-refractivity contribution in [2.24, 2.45) is 17.8 Å². The van der Waals surface area contributed by atoms with Gasteiger partial charge in [-0.3, -0.25) is 4.79 Å². The predicted molar refractivity (Wildman–Crippen MR) is 133 cm³/mol. The number of hydrogen-bond donors (Lipinski definition) is 1. The molecule has 0 fully saturated rings. The van der Waals surface area contributed by atoms with Gasteiger partial charge in [-0.25, -0.2) is 0 Å². The Kier molecular flexibility index (Phi) is 21.3. The molecule has 0 heterocycles. The van der Waals surface area contributed by atoms with E-state index in [-0.39, 0.29) is 5.92 Å². The van der Waals surface area contributed by atoms with Crippen LogP contribution < -0.4 is 0 Å². The number of carboxylic acids is 1. The molecule has 0 aromatic heterocycles. The number of carbonyl (C=O) groups is 1. The molecule has 0 aliphatic carbocycles. The summed E-state index contributed by atoms with van der Waals surface area (Å²) in [6.45, 7) is 8.68. The van der Waals surface area contributed by atoms with Gasteiger partial charge < -0.3 is 5.11 Å². The highest BCUT2D eigenvalue weighted by Crippen LogP contribution is 2.23. The fourth-order valence-corrected chi connectivity index (χ4v) is 4.82. The van der Waals surface area contributed by atoms with E-state index in [1.807, 2.05) is 6.92 Å². The minimum absolute atomic E-state index is 0.201. The van der Waals surface area contributed by atoms with Gasteiger partial charge in [0.25, 0.3) is 0 Å². The van der Waals surface area contributed by atoms with E-state index in [0.29, 0.717) is 5.92 Å². The van der Waals surface area contributed by atoms with Gasteiger partial charge in [-0.1, -0.05) is 143 Å². The monoisotopic (exact) mass is 424 g/mol. The number of aliphatic carboxylic acids is 1. The second kappa shape index (κ2) is 21.7. The topological polar surface area (TPSA) is 37.3 Å². The summed E-state index contributed by atoms with van der Waals surface area (Å²) in [5, 5.41) is 9.03. The van der Waals surface area contributed by atoms with Crippen molar-refractivity contribution in [3.63, 3.8) is 0 Å². The van der Waals surface area contributed by atoms with Gasteiger partial charge in [-0.15, -0.1) is 0 Å². The Balaban J connectivity index is 3.28. The van der Waals surface area contributed by atoms with E-state index in [2.05, 4.69) is 20.8 Å². The summed E-state index contributed by atoms with van der Waals surface area (Å²) >= 11 is 0. The summed E-state index contributed by atoms with van der Waals surface area (Å²) in [4.78, 5) is 11.0. The van der Waals surface area contributed by atoms with Crippen LogP contribution in [0.4, 0.5) is 0 Å². The van der Waals surface area contributed by atoms with Gasteiger partial charge in [0.1, 0.15) is 0 Å². The van der Waals surface area contributed by atoms with Gasteiger partial charge in [-0.2, -0.15) is 0 Å². The quantitative estimate of drug-likeness (QED) is 0.166. The zero-order valence-electron chi connectivity index (χ0n) is 21.2. The molecule has 0 saturated carbocycles. The zero-order valence-corrected chi connectivity index (χ0v) is 21.2. The largest absolute Gasteiger partial charge is 0.481 e. The van der Waals surface area contributed by atoms with Crippen LogP contribution >= 0.6 is 0 Å². The lowest BCUT2D eigenvalue weighted by atomic mass is 9.87. The third-order valence-corrected chi connectivity index (χ3v) is 6.78. The smallest absolute Gasteiger partial charge is 0.306 e. The van der Waals surface area contributed by atoms with Crippen LogP contribution in [-0.4, -0.2) is 11.1 Å². The van der Waals surface area contributed by atoms with Crippen molar-refractivity contribution in [3.8, 4) is 0 Å². The molecule has 0 radical (unpaired) electrons. The van der Waals surface area contributed by atoms with Crippen molar-refractivity contribution < 1.29 is 9.90 Å². The lowest BCUT2D eigenvalue weighted by Gasteiger charge is -2.19. The van der Waals surface area contributed by atoms with E-state index in [1.165, 1.54) is 122 Å². The summed E-state index contributed by atoms with van der Waals surface area (Å²) in [7, 11) is 0. The third-order valence-electron chi connectivity index (χ3n) is 6.78. The SMILES string of the molecule is CCCCCCCCCCCCCCCCCCC[C@@H](C)C[C@@H](C)C[C@@H](C)C(=O)O. The van der Waals surface area contributed by atoms with Crippen LogP contribution in [0.15, 0.2) is 0 Å². The number of hydrogen-bond acceptors (Lipinski definition) is 1. The van der Waals surface area contributed by atoms with Crippen molar-refractivity contribution in [2.45, 2.75) is 156 Å². The first kappa shape index (κ1) is 29.5. The Morgan fingerprint density at radius 1 is 0.567 bits per heavy atom. The molecule has 0 aromatic carbocycles. The maximum absolute atomic E-state index is 11.0. The Labute approximate surface area is 190 Å². The minimum atomic E-state index is -0.650. The van der Waals surface area contributed by atoms with E-state index in [1.54, 1.807) is 0 Å². The molecular formula is C28H56O2. The molecule has 0 amide bonds. The van der Waals surface area contributed by atoms with Crippen LogP contribution in [0.25, 0.3) is 0 Å². The fourth-order valence-electron chi connectivity index (χ4n) is 4.82. The summed E-state index contributed by atoms with van der Waals surface area (Å²) in [6, 6.07) is 0. The molecule has 180 valence electrons. The van der Waals surface area contributed by atoms with E-state index in [0.717, 1.165) is 12.3 Å². The highest BCUT2D eigenvalue weighted by atomic mass is 16.4. The normalized spacial score (nSPS) is 14.5. The van der Waals surface area contributed by atoms with Gasteiger partial charge in [0, 0.05) is 0 Å². The summed E-state index contributed by atoms with van der Waals surface area (Å²) < 4.78 is 0. The molecule has 0 spiro atoms. The van der Waals surface area contributed by atoms with Crippen molar-refractivity contribution in [2.75, 3.05) is 0 Å². The molecule has 0 unspecified atom stereocenters. The molecule has 0 saturated heterocycles. The van der Waals surface area contributed by atoms with Gasteiger partial charge in [0.05, 0.1) is 5.92 Å². The third kappa shape index (κ3) is 20.7. The van der Waals surface area contributed by atoms with E-state index in [4.69, 9.17) is 5.11 Å². The highest BCUT2D eigenvalue weighted by molar-refractivity contribution is 5.69. The second-order valence-corrected chi connectivity index (χ2v) is 10.4. The first-order chi connectivity index (χ1) is 14.5. The maximum atomic E-state index is 11.0. The summed E-state index contributed by atoms with van der Waals surface area (Å²) in [6.07, 6.45) is 27.6. The molecule has 1 N–H and O–H groups in total. The Morgan fingerprint density at radius 3 is 1.30 bits per heavy atom. The van der Waals surface area contributed by atoms with Crippen molar-refractivity contribution in [3.05, 3.63) is 0 Å². The van der Waals surface area contributed by atoms with Crippen molar-refractivity contribution in [1.82, 2.24) is 0 Å². The Morgan fingerprint density at radius 2 is 0.933 bits per heavy atom. The molecule has 2 heteroatoms. The van der Waals surface area contributed by atoms with Crippen LogP contribution in [-0.2, 0) is 4.79 Å².